The van der Waals surface area contributed by atoms with Crippen molar-refractivity contribution in [3.05, 3.63) is 0 Å². The summed E-state index contributed by atoms with van der Waals surface area (Å²) in [4.78, 5) is 0. The number of halogens is 1. The molecule has 0 aromatic carbocycles. The molecule has 0 saturated heterocycles. The molecule has 0 amide bonds. The summed E-state index contributed by atoms with van der Waals surface area (Å²) in [7, 11) is 0. The van der Waals surface area contributed by atoms with Gasteiger partial charge in [0.1, 0.15) is 6.34 Å². The largest absolute Gasteiger partial charge is 0.289 e. The summed E-state index contributed by atoms with van der Waals surface area (Å²) in [6.07, 6.45) is 0.458. The zero-order valence-electron chi connectivity index (χ0n) is 1.96. The van der Waals surface area contributed by atoms with Crippen molar-refractivity contribution in [3.63, 3.8) is 0 Å². The van der Waals surface area contributed by atoms with Gasteiger partial charge in [-0.2, -0.15) is 0 Å². The molecule has 0 atom stereocenters. The molecule has 0 bridgehead atoms. The van der Waals surface area contributed by atoms with E-state index in [0.29, 0.717) is 6.34 Å². The molecular formula is CH3FN2. The Labute approximate surface area is 23.1 Å². The van der Waals surface area contributed by atoms with Gasteiger partial charge < -0.3 is 0 Å². The van der Waals surface area contributed by atoms with Gasteiger partial charge in [-0.25, -0.2) is 5.54 Å². The van der Waals surface area contributed by atoms with Gasteiger partial charge in [0, 0.05) is 0 Å². The highest BCUT2D eigenvalue weighted by Gasteiger charge is 1.42. The zero-order valence-corrected chi connectivity index (χ0v) is 1.96. The maximum absolute atomic E-state index is 10.2. The summed E-state index contributed by atoms with van der Waals surface area (Å²) in [5, 5.41) is 5.84. The highest BCUT2D eigenvalue weighted by Crippen LogP contribution is 1.30. The third kappa shape index (κ3) is 1.40. The Bertz CT molecular complexity index is 20.0. The van der Waals surface area contributed by atoms with Crippen LogP contribution >= 0.6 is 0 Å². The SMILES string of the molecule is N=CNF. The molecule has 0 saturated carbocycles. The van der Waals surface area contributed by atoms with Crippen molar-refractivity contribution < 1.29 is 4.48 Å². The van der Waals surface area contributed by atoms with Crippen LogP contribution in [-0.4, -0.2) is 6.34 Å². The standard InChI is InChI=1S/CH3FN2/c2-4-1-3/h1H,(H2,3,4). The maximum atomic E-state index is 10.2. The summed E-state index contributed by atoms with van der Waals surface area (Å²) in [6, 6.07) is 0. The summed E-state index contributed by atoms with van der Waals surface area (Å²) in [5.41, 5.74) is 0.972. The Kier molecular flexibility index (Phi) is 2.04. The van der Waals surface area contributed by atoms with Crippen LogP contribution in [0.5, 0.6) is 0 Å². The van der Waals surface area contributed by atoms with Crippen molar-refractivity contribution >= 4 is 6.34 Å². The molecular weight excluding hydrogens is 59.0 g/mol. The van der Waals surface area contributed by atoms with E-state index in [1.165, 1.54) is 0 Å². The molecule has 0 aliphatic heterocycles. The van der Waals surface area contributed by atoms with Crippen LogP contribution in [0.15, 0.2) is 0 Å². The zero-order chi connectivity index (χ0) is 3.41. The number of rotatable bonds is 1. The van der Waals surface area contributed by atoms with Gasteiger partial charge in [-0.1, -0.05) is 0 Å². The van der Waals surface area contributed by atoms with Crippen molar-refractivity contribution in [1.82, 2.24) is 5.54 Å². The molecule has 0 aromatic rings. The summed E-state index contributed by atoms with van der Waals surface area (Å²) < 4.78 is 10.2. The van der Waals surface area contributed by atoms with Crippen molar-refractivity contribution in [2.24, 2.45) is 0 Å². The second kappa shape index (κ2) is 2.40. The van der Waals surface area contributed by atoms with Gasteiger partial charge in [0.25, 0.3) is 0 Å². The number of hydrogen-bond donors (Lipinski definition) is 2. The van der Waals surface area contributed by atoms with Crippen LogP contribution in [0.1, 0.15) is 0 Å². The first kappa shape index (κ1) is 3.40. The lowest BCUT2D eigenvalue weighted by atomic mass is 11.4. The molecule has 0 rings (SSSR count). The second-order valence-corrected chi connectivity index (χ2v) is 0.253. The van der Waals surface area contributed by atoms with Crippen LogP contribution in [0, 0.1) is 5.41 Å². The van der Waals surface area contributed by atoms with E-state index in [-0.39, 0.29) is 0 Å². The minimum atomic E-state index is 0.458. The molecule has 3 heteroatoms. The van der Waals surface area contributed by atoms with Gasteiger partial charge in [0.15, 0.2) is 0 Å². The first-order valence-corrected chi connectivity index (χ1v) is 0.766. The fourth-order valence-electron chi connectivity index (χ4n) is 0. The second-order valence-electron chi connectivity index (χ2n) is 0.253. The number of hydrogen-bond acceptors (Lipinski definition) is 1. The molecule has 0 aliphatic rings. The molecule has 0 aliphatic carbocycles. The lowest BCUT2D eigenvalue weighted by molar-refractivity contribution is 0.439. The van der Waals surface area contributed by atoms with Crippen molar-refractivity contribution in [1.29, 1.82) is 5.41 Å². The van der Waals surface area contributed by atoms with E-state index in [0.717, 1.165) is 5.54 Å². The first-order valence-electron chi connectivity index (χ1n) is 0.766. The molecule has 24 valence electrons. The fraction of sp³-hybridized carbons (Fsp3) is 0. The summed E-state index contributed by atoms with van der Waals surface area (Å²) >= 11 is 0. The molecule has 0 radical (unpaired) electrons. The normalized spacial score (nSPS) is 5.25. The highest BCUT2D eigenvalue weighted by molar-refractivity contribution is 5.47. The minimum Gasteiger partial charge on any atom is -0.289 e. The Balaban J connectivity index is 2.30. The quantitative estimate of drug-likeness (QED) is 0.251. The molecule has 0 fully saturated rings. The molecule has 2 nitrogen and oxygen atoms in total. The topological polar surface area (TPSA) is 35.9 Å². The summed E-state index contributed by atoms with van der Waals surface area (Å²) in [5.74, 6) is 0. The van der Waals surface area contributed by atoms with Crippen LogP contribution < -0.4 is 5.54 Å². The molecule has 0 heterocycles. The average Bonchev–Trinajstić information content (AvgIpc) is 1.37. The third-order valence-electron chi connectivity index (χ3n) is 0.0546. The predicted octanol–water partition coefficient (Wildman–Crippen LogP) is 0.0676. The fourth-order valence-corrected chi connectivity index (χ4v) is 0. The van der Waals surface area contributed by atoms with Crippen LogP contribution in [0.4, 0.5) is 4.48 Å². The minimum absolute atomic E-state index is 0.458. The Morgan fingerprint density at radius 2 is 2.25 bits per heavy atom. The Morgan fingerprint density at radius 1 is 2.00 bits per heavy atom. The third-order valence-corrected chi connectivity index (χ3v) is 0.0546. The lowest BCUT2D eigenvalue weighted by Gasteiger charge is -1.62. The van der Waals surface area contributed by atoms with E-state index in [2.05, 4.69) is 0 Å². The van der Waals surface area contributed by atoms with E-state index in [1.807, 2.05) is 0 Å². The van der Waals surface area contributed by atoms with Gasteiger partial charge in [0.05, 0.1) is 0 Å². The first-order chi connectivity index (χ1) is 1.91. The van der Waals surface area contributed by atoms with Gasteiger partial charge in [-0.05, 0) is 0 Å². The molecule has 4 heavy (non-hydrogen) atoms. The van der Waals surface area contributed by atoms with Crippen LogP contribution in [0.3, 0.4) is 0 Å². The van der Waals surface area contributed by atoms with Crippen molar-refractivity contribution in [3.8, 4) is 0 Å². The van der Waals surface area contributed by atoms with E-state index < -0.39 is 0 Å². The van der Waals surface area contributed by atoms with E-state index in [4.69, 9.17) is 5.41 Å². The van der Waals surface area contributed by atoms with Gasteiger partial charge >= 0.3 is 0 Å². The van der Waals surface area contributed by atoms with Crippen LogP contribution in [0.25, 0.3) is 0 Å². The van der Waals surface area contributed by atoms with Crippen LogP contribution in [-0.2, 0) is 0 Å². The van der Waals surface area contributed by atoms with Gasteiger partial charge in [-0.15, -0.1) is 4.48 Å². The van der Waals surface area contributed by atoms with Gasteiger partial charge in [0.2, 0.25) is 0 Å². The average molecular weight is 62.0 g/mol. The molecule has 0 aromatic heterocycles. The highest BCUT2D eigenvalue weighted by atomic mass is 19.2. The van der Waals surface area contributed by atoms with E-state index in [1.54, 1.807) is 0 Å². The number of nitrogens with one attached hydrogen (secondary N) is 2. The van der Waals surface area contributed by atoms with E-state index in [9.17, 15) is 4.48 Å². The Hall–Kier alpha value is -0.600. The lowest BCUT2D eigenvalue weighted by Crippen LogP contribution is -1.88. The predicted molar refractivity (Wildman–Crippen MR) is 13.0 cm³/mol. The van der Waals surface area contributed by atoms with Gasteiger partial charge in [-0.3, -0.25) is 5.41 Å². The summed E-state index contributed by atoms with van der Waals surface area (Å²) in [6.45, 7) is 0. The maximum Gasteiger partial charge on any atom is 0.109 e. The van der Waals surface area contributed by atoms with Crippen molar-refractivity contribution in [2.75, 3.05) is 0 Å². The van der Waals surface area contributed by atoms with Crippen LogP contribution in [0.2, 0.25) is 0 Å². The molecule has 0 unspecified atom stereocenters. The monoisotopic (exact) mass is 62.0 g/mol. The Morgan fingerprint density at radius 3 is 2.25 bits per heavy atom. The molecule has 0 spiro atoms. The van der Waals surface area contributed by atoms with Crippen molar-refractivity contribution in [2.45, 2.75) is 0 Å². The smallest absolute Gasteiger partial charge is 0.109 e. The molecule has 2 N–H and O–H groups in total. The van der Waals surface area contributed by atoms with E-state index >= 15 is 0 Å².